The van der Waals surface area contributed by atoms with Crippen LogP contribution in [-0.4, -0.2) is 59.5 Å². The molecule has 0 aliphatic carbocycles. The zero-order valence-electron chi connectivity index (χ0n) is 17.6. The Bertz CT molecular complexity index is 1350. The number of rotatable bonds is 4. The third-order valence-electron chi connectivity index (χ3n) is 5.36. The van der Waals surface area contributed by atoms with E-state index in [4.69, 9.17) is 11.6 Å². The molecule has 1 fully saturated rings. The monoisotopic (exact) mass is 490 g/mol. The molecule has 2 heterocycles. The smallest absolute Gasteiger partial charge is 0.278 e. The van der Waals surface area contributed by atoms with Gasteiger partial charge in [-0.2, -0.15) is 9.40 Å². The highest BCUT2D eigenvalue weighted by Crippen LogP contribution is 2.19. The van der Waals surface area contributed by atoms with Crippen LogP contribution in [0.2, 0.25) is 5.02 Å². The van der Waals surface area contributed by atoms with E-state index in [1.165, 1.54) is 32.1 Å². The highest BCUT2D eigenvalue weighted by Gasteiger charge is 2.31. The topological polar surface area (TPSA) is 92.6 Å². The molecular formula is C22H20ClFN4O4S. The quantitative estimate of drug-likeness (QED) is 0.560. The Morgan fingerprint density at radius 1 is 1.00 bits per heavy atom. The van der Waals surface area contributed by atoms with Gasteiger partial charge in [0.2, 0.25) is 15.5 Å². The third kappa shape index (κ3) is 4.68. The molecule has 2 aromatic carbocycles. The lowest BCUT2D eigenvalue weighted by molar-refractivity contribution is 0.0688. The summed E-state index contributed by atoms with van der Waals surface area (Å²) in [6, 6.07) is 12.7. The van der Waals surface area contributed by atoms with E-state index in [2.05, 4.69) is 5.10 Å². The summed E-state index contributed by atoms with van der Waals surface area (Å²) in [4.78, 5) is 27.0. The molecule has 1 aliphatic rings. The van der Waals surface area contributed by atoms with Gasteiger partial charge >= 0.3 is 0 Å². The number of piperazine rings is 1. The average molecular weight is 491 g/mol. The number of carbonyl (C=O) groups is 1. The normalized spacial score (nSPS) is 14.9. The Morgan fingerprint density at radius 3 is 2.21 bits per heavy atom. The van der Waals surface area contributed by atoms with Gasteiger partial charge in [-0.1, -0.05) is 11.6 Å². The van der Waals surface area contributed by atoms with Gasteiger partial charge in [-0.05, 0) is 55.5 Å². The SMILES string of the molecule is Cc1cc(=O)c(C(=O)N2CCN(S(=O)(=O)c3ccc(F)cc3)CC2)nn1-c1ccc(Cl)cc1. The molecule has 1 amide bonds. The van der Waals surface area contributed by atoms with Gasteiger partial charge in [-0.25, -0.2) is 17.5 Å². The molecule has 0 unspecified atom stereocenters. The predicted molar refractivity (Wildman–Crippen MR) is 121 cm³/mol. The van der Waals surface area contributed by atoms with Crippen molar-refractivity contribution in [3.05, 3.63) is 87.0 Å². The molecule has 3 aromatic rings. The van der Waals surface area contributed by atoms with Gasteiger partial charge in [-0.15, -0.1) is 0 Å². The van der Waals surface area contributed by atoms with Crippen LogP contribution in [0, 0.1) is 12.7 Å². The van der Waals surface area contributed by atoms with Crippen LogP contribution in [0.5, 0.6) is 0 Å². The first-order valence-electron chi connectivity index (χ1n) is 10.1. The molecule has 0 N–H and O–H groups in total. The molecule has 1 aromatic heterocycles. The minimum Gasteiger partial charge on any atom is -0.334 e. The predicted octanol–water partition coefficient (Wildman–Crippen LogP) is 2.48. The standard InChI is InChI=1S/C22H20ClFN4O4S/c1-15-14-20(29)21(25-28(15)18-6-2-16(23)3-7-18)22(30)26-10-12-27(13-11-26)33(31,32)19-8-4-17(24)5-9-19/h2-9,14H,10-13H2,1H3. The van der Waals surface area contributed by atoms with Crippen molar-refractivity contribution < 1.29 is 17.6 Å². The van der Waals surface area contributed by atoms with E-state index < -0.39 is 27.2 Å². The van der Waals surface area contributed by atoms with Crippen LogP contribution in [0.15, 0.2) is 64.3 Å². The number of benzene rings is 2. The van der Waals surface area contributed by atoms with Gasteiger partial charge in [0, 0.05) is 43.0 Å². The van der Waals surface area contributed by atoms with Crippen molar-refractivity contribution in [2.75, 3.05) is 26.2 Å². The second-order valence-electron chi connectivity index (χ2n) is 7.54. The van der Waals surface area contributed by atoms with Gasteiger partial charge in [-0.3, -0.25) is 9.59 Å². The number of hydrogen-bond acceptors (Lipinski definition) is 5. The van der Waals surface area contributed by atoms with E-state index in [0.717, 1.165) is 12.1 Å². The number of aryl methyl sites for hydroxylation is 1. The summed E-state index contributed by atoms with van der Waals surface area (Å²) >= 11 is 5.93. The molecule has 0 saturated carbocycles. The van der Waals surface area contributed by atoms with Crippen molar-refractivity contribution in [1.29, 1.82) is 0 Å². The fourth-order valence-corrected chi connectivity index (χ4v) is 5.12. The molecule has 0 radical (unpaired) electrons. The molecule has 33 heavy (non-hydrogen) atoms. The van der Waals surface area contributed by atoms with Crippen LogP contribution in [-0.2, 0) is 10.0 Å². The molecule has 11 heteroatoms. The summed E-state index contributed by atoms with van der Waals surface area (Å²) in [6.45, 7) is 1.98. The maximum Gasteiger partial charge on any atom is 0.278 e. The summed E-state index contributed by atoms with van der Waals surface area (Å²) in [6.07, 6.45) is 0. The van der Waals surface area contributed by atoms with Gasteiger partial charge in [0.25, 0.3) is 5.91 Å². The van der Waals surface area contributed by atoms with Crippen LogP contribution in [0.4, 0.5) is 4.39 Å². The number of nitrogens with zero attached hydrogens (tertiary/aromatic N) is 4. The fraction of sp³-hybridized carbons (Fsp3) is 0.227. The zero-order chi connectivity index (χ0) is 23.8. The van der Waals surface area contributed by atoms with Crippen molar-refractivity contribution in [3.63, 3.8) is 0 Å². The van der Waals surface area contributed by atoms with Crippen LogP contribution in [0.1, 0.15) is 16.2 Å². The zero-order valence-corrected chi connectivity index (χ0v) is 19.2. The first-order chi connectivity index (χ1) is 15.7. The average Bonchev–Trinajstić information content (AvgIpc) is 2.80. The second kappa shape index (κ2) is 9.05. The van der Waals surface area contributed by atoms with Crippen LogP contribution < -0.4 is 5.43 Å². The Labute approximate surface area is 194 Å². The van der Waals surface area contributed by atoms with Crippen molar-refractivity contribution in [2.45, 2.75) is 11.8 Å². The number of carbonyl (C=O) groups excluding carboxylic acids is 1. The van der Waals surface area contributed by atoms with Gasteiger partial charge in [0.05, 0.1) is 10.6 Å². The highest BCUT2D eigenvalue weighted by atomic mass is 35.5. The molecule has 172 valence electrons. The maximum absolute atomic E-state index is 13.1. The van der Waals surface area contributed by atoms with Crippen molar-refractivity contribution in [1.82, 2.24) is 19.0 Å². The van der Waals surface area contributed by atoms with Crippen molar-refractivity contribution in [2.24, 2.45) is 0 Å². The van der Waals surface area contributed by atoms with E-state index in [1.807, 2.05) is 0 Å². The number of amides is 1. The third-order valence-corrected chi connectivity index (χ3v) is 7.52. The first-order valence-corrected chi connectivity index (χ1v) is 11.9. The largest absolute Gasteiger partial charge is 0.334 e. The van der Waals surface area contributed by atoms with E-state index in [-0.39, 0.29) is 36.8 Å². The molecule has 0 spiro atoms. The lowest BCUT2D eigenvalue weighted by Crippen LogP contribution is -2.51. The number of halogens is 2. The maximum atomic E-state index is 13.1. The Hall–Kier alpha value is -3.08. The lowest BCUT2D eigenvalue weighted by Gasteiger charge is -2.33. The summed E-state index contributed by atoms with van der Waals surface area (Å²) in [5, 5.41) is 4.82. The van der Waals surface area contributed by atoms with E-state index in [1.54, 1.807) is 31.2 Å². The number of sulfonamides is 1. The van der Waals surface area contributed by atoms with E-state index in [9.17, 15) is 22.4 Å². The fourth-order valence-electron chi connectivity index (χ4n) is 3.58. The van der Waals surface area contributed by atoms with Gasteiger partial charge in [0.15, 0.2) is 5.69 Å². The van der Waals surface area contributed by atoms with Gasteiger partial charge in [0.1, 0.15) is 5.82 Å². The van der Waals surface area contributed by atoms with Crippen molar-refractivity contribution in [3.8, 4) is 5.69 Å². The number of hydrogen-bond donors (Lipinski definition) is 0. The molecule has 4 rings (SSSR count). The summed E-state index contributed by atoms with van der Waals surface area (Å²) < 4.78 is 41.4. The van der Waals surface area contributed by atoms with E-state index >= 15 is 0 Å². The number of aromatic nitrogens is 2. The summed E-state index contributed by atoms with van der Waals surface area (Å²) in [5.41, 5.74) is 0.435. The Morgan fingerprint density at radius 2 is 1.61 bits per heavy atom. The van der Waals surface area contributed by atoms with Crippen molar-refractivity contribution >= 4 is 27.5 Å². The van der Waals surface area contributed by atoms with Crippen LogP contribution in [0.3, 0.4) is 0 Å². The van der Waals surface area contributed by atoms with Crippen LogP contribution in [0.25, 0.3) is 5.69 Å². The lowest BCUT2D eigenvalue weighted by atomic mass is 10.2. The molecule has 0 bridgehead atoms. The van der Waals surface area contributed by atoms with E-state index in [0.29, 0.717) is 16.4 Å². The highest BCUT2D eigenvalue weighted by molar-refractivity contribution is 7.89. The molecular weight excluding hydrogens is 471 g/mol. The molecule has 1 saturated heterocycles. The molecule has 0 atom stereocenters. The minimum atomic E-state index is -3.82. The molecule has 8 nitrogen and oxygen atoms in total. The van der Waals surface area contributed by atoms with Gasteiger partial charge < -0.3 is 4.90 Å². The second-order valence-corrected chi connectivity index (χ2v) is 9.91. The first kappa shape index (κ1) is 23.1. The summed E-state index contributed by atoms with van der Waals surface area (Å²) in [5.74, 6) is -1.10. The Balaban J connectivity index is 1.53. The summed E-state index contributed by atoms with van der Waals surface area (Å²) in [7, 11) is -3.82. The minimum absolute atomic E-state index is 0.0188. The van der Waals surface area contributed by atoms with Crippen LogP contribution >= 0.6 is 11.6 Å². The Kier molecular flexibility index (Phi) is 6.33. The molecule has 1 aliphatic heterocycles.